The first-order valence-corrected chi connectivity index (χ1v) is 9.09. The summed E-state index contributed by atoms with van der Waals surface area (Å²) in [5.74, 6) is 1.68. The summed E-state index contributed by atoms with van der Waals surface area (Å²) in [6.45, 7) is 2.93. The fourth-order valence-electron chi connectivity index (χ4n) is 3.63. The number of hydrogen-bond acceptors (Lipinski definition) is 7. The van der Waals surface area contributed by atoms with Crippen LogP contribution in [0.5, 0.6) is 5.88 Å². The van der Waals surface area contributed by atoms with E-state index in [9.17, 15) is 4.79 Å². The average Bonchev–Trinajstić information content (AvgIpc) is 3.11. The molecule has 0 radical (unpaired) electrons. The number of aromatic nitrogens is 4. The van der Waals surface area contributed by atoms with Crippen molar-refractivity contribution in [3.8, 4) is 5.88 Å². The number of rotatable bonds is 5. The molecule has 1 atom stereocenters. The smallest absolute Gasteiger partial charge is 0.254 e. The van der Waals surface area contributed by atoms with Crippen LogP contribution in [0.3, 0.4) is 0 Å². The van der Waals surface area contributed by atoms with Gasteiger partial charge < -0.3 is 19.7 Å². The van der Waals surface area contributed by atoms with Gasteiger partial charge in [0.05, 0.1) is 38.6 Å². The molecule has 0 bridgehead atoms. The summed E-state index contributed by atoms with van der Waals surface area (Å²) in [6, 6.07) is 1.84. The van der Waals surface area contributed by atoms with Crippen molar-refractivity contribution in [1.29, 1.82) is 0 Å². The topological polar surface area (TPSA) is 94.4 Å². The van der Waals surface area contributed by atoms with Gasteiger partial charge in [-0.1, -0.05) is 0 Å². The first-order chi connectivity index (χ1) is 13.1. The van der Waals surface area contributed by atoms with Gasteiger partial charge in [0.2, 0.25) is 5.88 Å². The fourth-order valence-corrected chi connectivity index (χ4v) is 3.63. The van der Waals surface area contributed by atoms with E-state index < -0.39 is 0 Å². The van der Waals surface area contributed by atoms with Gasteiger partial charge in [0, 0.05) is 25.9 Å². The minimum absolute atomic E-state index is 0.0871. The summed E-state index contributed by atoms with van der Waals surface area (Å²) >= 11 is 0. The molecular formula is C18H24N6O3. The summed E-state index contributed by atoms with van der Waals surface area (Å²) in [5, 5.41) is 7.00. The van der Waals surface area contributed by atoms with Crippen LogP contribution in [0.2, 0.25) is 0 Å². The van der Waals surface area contributed by atoms with Crippen LogP contribution in [-0.4, -0.2) is 64.6 Å². The maximum Gasteiger partial charge on any atom is 0.254 e. The molecule has 144 valence electrons. The average molecular weight is 372 g/mol. The number of methoxy groups -OCH3 is 1. The molecule has 1 spiro atoms. The van der Waals surface area contributed by atoms with Crippen LogP contribution < -0.4 is 15.0 Å². The molecule has 9 heteroatoms. The maximum atomic E-state index is 12.1. The monoisotopic (exact) mass is 372 g/mol. The molecule has 2 saturated heterocycles. The van der Waals surface area contributed by atoms with Crippen LogP contribution in [0.1, 0.15) is 23.2 Å². The lowest BCUT2D eigenvalue weighted by molar-refractivity contribution is -0.115. The van der Waals surface area contributed by atoms with Gasteiger partial charge in [0.25, 0.3) is 5.91 Å². The van der Waals surface area contributed by atoms with E-state index in [1.165, 1.54) is 6.33 Å². The molecule has 2 fully saturated rings. The normalized spacial score (nSPS) is 21.0. The van der Waals surface area contributed by atoms with E-state index in [0.29, 0.717) is 30.5 Å². The Kier molecular flexibility index (Phi) is 4.69. The number of anilines is 1. The first kappa shape index (κ1) is 17.7. The van der Waals surface area contributed by atoms with Crippen molar-refractivity contribution in [2.24, 2.45) is 13.0 Å². The number of amides is 1. The Hall–Kier alpha value is -2.68. The van der Waals surface area contributed by atoms with E-state index in [1.807, 2.05) is 6.07 Å². The predicted molar refractivity (Wildman–Crippen MR) is 97.7 cm³/mol. The molecule has 4 heterocycles. The Bertz CT molecular complexity index is 807. The van der Waals surface area contributed by atoms with Gasteiger partial charge in [0.1, 0.15) is 17.7 Å². The second kappa shape index (κ2) is 7.15. The second-order valence-corrected chi connectivity index (χ2v) is 7.29. The summed E-state index contributed by atoms with van der Waals surface area (Å²) in [4.78, 5) is 22.6. The Morgan fingerprint density at radius 2 is 2.30 bits per heavy atom. The Morgan fingerprint density at radius 3 is 2.96 bits per heavy atom. The Balaban J connectivity index is 1.23. The van der Waals surface area contributed by atoms with Crippen LogP contribution in [-0.2, 0) is 11.8 Å². The standard InChI is InChI=1S/C18H24N6O3/c1-23-8-14(7-22-23)17(25)19-6-13-3-4-18(27-9-13)10-24(11-18)15-5-16(26-2)21-12-20-15/h5,7-8,12-13H,3-4,6,9-11H2,1-2H3,(H,19,25). The van der Waals surface area contributed by atoms with Crippen molar-refractivity contribution in [3.05, 3.63) is 30.4 Å². The van der Waals surface area contributed by atoms with Gasteiger partial charge in [-0.15, -0.1) is 0 Å². The summed E-state index contributed by atoms with van der Waals surface area (Å²) < 4.78 is 13.0. The molecule has 0 saturated carbocycles. The predicted octanol–water partition coefficient (Wildman–Crippen LogP) is 0.634. The van der Waals surface area contributed by atoms with Crippen LogP contribution in [0.4, 0.5) is 5.82 Å². The molecule has 2 aliphatic heterocycles. The molecule has 4 rings (SSSR count). The van der Waals surface area contributed by atoms with E-state index in [-0.39, 0.29) is 11.5 Å². The second-order valence-electron chi connectivity index (χ2n) is 7.29. The van der Waals surface area contributed by atoms with E-state index in [1.54, 1.807) is 31.2 Å². The van der Waals surface area contributed by atoms with Crippen molar-refractivity contribution in [2.45, 2.75) is 18.4 Å². The lowest BCUT2D eigenvalue weighted by atomic mass is 9.83. The number of hydrogen-bond donors (Lipinski definition) is 1. The number of carbonyl (C=O) groups is 1. The third-order valence-electron chi connectivity index (χ3n) is 5.27. The third-order valence-corrected chi connectivity index (χ3v) is 5.27. The van der Waals surface area contributed by atoms with Gasteiger partial charge in [-0.2, -0.15) is 5.10 Å². The number of nitrogens with zero attached hydrogens (tertiary/aromatic N) is 5. The van der Waals surface area contributed by atoms with Crippen molar-refractivity contribution in [2.75, 3.05) is 38.3 Å². The molecule has 0 aromatic carbocycles. The minimum atomic E-state index is -0.0952. The van der Waals surface area contributed by atoms with Crippen molar-refractivity contribution in [3.63, 3.8) is 0 Å². The third kappa shape index (κ3) is 3.73. The van der Waals surface area contributed by atoms with Gasteiger partial charge in [-0.25, -0.2) is 9.97 Å². The molecule has 2 aromatic rings. The van der Waals surface area contributed by atoms with Gasteiger partial charge >= 0.3 is 0 Å². The minimum Gasteiger partial charge on any atom is -0.481 e. The molecule has 27 heavy (non-hydrogen) atoms. The maximum absolute atomic E-state index is 12.1. The van der Waals surface area contributed by atoms with Crippen LogP contribution in [0.25, 0.3) is 0 Å². The van der Waals surface area contributed by atoms with Crippen LogP contribution in [0, 0.1) is 5.92 Å². The lowest BCUT2D eigenvalue weighted by Crippen LogP contribution is -2.65. The zero-order valence-electron chi connectivity index (χ0n) is 15.6. The van der Waals surface area contributed by atoms with Gasteiger partial charge in [-0.05, 0) is 18.8 Å². The van der Waals surface area contributed by atoms with Gasteiger partial charge in [0.15, 0.2) is 0 Å². The zero-order valence-corrected chi connectivity index (χ0v) is 15.6. The molecule has 1 unspecified atom stereocenters. The SMILES string of the molecule is COc1cc(N2CC3(CCC(CNC(=O)c4cnn(C)c4)CO3)C2)ncn1. The number of carbonyl (C=O) groups excluding carboxylic acids is 1. The fraction of sp³-hybridized carbons (Fsp3) is 0.556. The molecule has 1 amide bonds. The van der Waals surface area contributed by atoms with Crippen molar-refractivity contribution >= 4 is 11.7 Å². The molecular weight excluding hydrogens is 348 g/mol. The highest BCUT2D eigenvalue weighted by atomic mass is 16.5. The van der Waals surface area contributed by atoms with Gasteiger partial charge in [-0.3, -0.25) is 9.48 Å². The number of nitrogens with one attached hydrogen (secondary N) is 1. The highest BCUT2D eigenvalue weighted by molar-refractivity contribution is 5.93. The molecule has 1 N–H and O–H groups in total. The number of ether oxygens (including phenoxy) is 2. The van der Waals surface area contributed by atoms with Crippen LogP contribution >= 0.6 is 0 Å². The van der Waals surface area contributed by atoms with E-state index >= 15 is 0 Å². The lowest BCUT2D eigenvalue weighted by Gasteiger charge is -2.53. The molecule has 0 aliphatic carbocycles. The quantitative estimate of drug-likeness (QED) is 0.823. The van der Waals surface area contributed by atoms with E-state index in [2.05, 4.69) is 25.3 Å². The van der Waals surface area contributed by atoms with Crippen molar-refractivity contribution in [1.82, 2.24) is 25.1 Å². The highest BCUT2D eigenvalue weighted by Crippen LogP contribution is 2.38. The zero-order chi connectivity index (χ0) is 18.9. The highest BCUT2D eigenvalue weighted by Gasteiger charge is 2.47. The Morgan fingerprint density at radius 1 is 1.44 bits per heavy atom. The number of aryl methyl sites for hydroxylation is 1. The Labute approximate surface area is 157 Å². The van der Waals surface area contributed by atoms with Crippen molar-refractivity contribution < 1.29 is 14.3 Å². The van der Waals surface area contributed by atoms with E-state index in [0.717, 1.165) is 31.7 Å². The largest absolute Gasteiger partial charge is 0.481 e. The van der Waals surface area contributed by atoms with E-state index in [4.69, 9.17) is 9.47 Å². The summed E-state index contributed by atoms with van der Waals surface area (Å²) in [5.41, 5.74) is 0.489. The van der Waals surface area contributed by atoms with Crippen LogP contribution in [0.15, 0.2) is 24.8 Å². The molecule has 2 aliphatic rings. The molecule has 2 aromatic heterocycles. The first-order valence-electron chi connectivity index (χ1n) is 9.09. The summed E-state index contributed by atoms with van der Waals surface area (Å²) in [6.07, 6.45) is 6.83. The molecule has 9 nitrogen and oxygen atoms in total. The summed E-state index contributed by atoms with van der Waals surface area (Å²) in [7, 11) is 3.39.